The first-order valence-corrected chi connectivity index (χ1v) is 5.41. The average molecular weight is 195 g/mol. The van der Waals surface area contributed by atoms with Crippen LogP contribution in [-0.4, -0.2) is 16.1 Å². The fourth-order valence-corrected chi connectivity index (χ4v) is 1.40. The van der Waals surface area contributed by atoms with Crippen LogP contribution in [0.2, 0.25) is 0 Å². The lowest BCUT2D eigenvalue weighted by Gasteiger charge is -2.08. The van der Waals surface area contributed by atoms with Crippen molar-refractivity contribution in [2.24, 2.45) is 5.92 Å². The molecule has 0 aliphatic carbocycles. The van der Waals surface area contributed by atoms with Crippen LogP contribution in [0.15, 0.2) is 6.20 Å². The Labute approximate surface area is 86.5 Å². The molecule has 0 amide bonds. The molecule has 0 aliphatic rings. The van der Waals surface area contributed by atoms with E-state index >= 15 is 0 Å². The molecule has 0 saturated carbocycles. The summed E-state index contributed by atoms with van der Waals surface area (Å²) in [5.74, 6) is 1.75. The van der Waals surface area contributed by atoms with Crippen LogP contribution in [0.4, 0.5) is 5.95 Å². The predicted octanol–water partition coefficient (Wildman–Crippen LogP) is 2.67. The quantitative estimate of drug-likeness (QED) is 0.782. The number of aromatic nitrogens is 2. The van der Waals surface area contributed by atoms with Crippen molar-refractivity contribution in [1.29, 1.82) is 0 Å². The van der Waals surface area contributed by atoms with Crippen LogP contribution in [0.1, 0.15) is 32.9 Å². The SMILES string of the molecule is CCn1cc(C)nc1NCCC(C)C. The molecule has 1 heterocycles. The minimum Gasteiger partial charge on any atom is -0.356 e. The summed E-state index contributed by atoms with van der Waals surface area (Å²) >= 11 is 0. The van der Waals surface area contributed by atoms with E-state index in [0.29, 0.717) is 0 Å². The maximum absolute atomic E-state index is 4.43. The summed E-state index contributed by atoms with van der Waals surface area (Å²) in [6.07, 6.45) is 3.27. The van der Waals surface area contributed by atoms with Crippen LogP contribution in [-0.2, 0) is 6.54 Å². The highest BCUT2D eigenvalue weighted by molar-refractivity contribution is 5.28. The van der Waals surface area contributed by atoms with Crippen molar-refractivity contribution in [3.8, 4) is 0 Å². The fourth-order valence-electron chi connectivity index (χ4n) is 1.40. The van der Waals surface area contributed by atoms with Gasteiger partial charge in [-0.2, -0.15) is 0 Å². The van der Waals surface area contributed by atoms with Gasteiger partial charge in [-0.05, 0) is 26.2 Å². The molecule has 0 aliphatic heterocycles. The third-order valence-electron chi connectivity index (χ3n) is 2.24. The number of hydrogen-bond donors (Lipinski definition) is 1. The largest absolute Gasteiger partial charge is 0.356 e. The number of anilines is 1. The molecular weight excluding hydrogens is 174 g/mol. The van der Waals surface area contributed by atoms with Gasteiger partial charge in [0.05, 0.1) is 5.69 Å². The molecule has 0 spiro atoms. The minimum atomic E-state index is 0.744. The highest BCUT2D eigenvalue weighted by atomic mass is 15.2. The van der Waals surface area contributed by atoms with Crippen LogP contribution < -0.4 is 5.32 Å². The summed E-state index contributed by atoms with van der Waals surface area (Å²) in [7, 11) is 0. The lowest BCUT2D eigenvalue weighted by Crippen LogP contribution is -2.09. The fraction of sp³-hybridized carbons (Fsp3) is 0.727. The number of hydrogen-bond acceptors (Lipinski definition) is 2. The molecule has 0 fully saturated rings. The van der Waals surface area contributed by atoms with E-state index in [-0.39, 0.29) is 0 Å². The molecule has 0 aromatic carbocycles. The normalized spacial score (nSPS) is 10.9. The van der Waals surface area contributed by atoms with Crippen molar-refractivity contribution >= 4 is 5.95 Å². The highest BCUT2D eigenvalue weighted by Crippen LogP contribution is 2.08. The molecular formula is C11H21N3. The molecule has 0 radical (unpaired) electrons. The third-order valence-corrected chi connectivity index (χ3v) is 2.24. The summed E-state index contributed by atoms with van der Waals surface area (Å²) in [5, 5.41) is 3.37. The second-order valence-corrected chi connectivity index (χ2v) is 4.10. The maximum atomic E-state index is 4.43. The van der Waals surface area contributed by atoms with Crippen LogP contribution in [0.25, 0.3) is 0 Å². The third kappa shape index (κ3) is 3.05. The van der Waals surface area contributed by atoms with Gasteiger partial charge in [0.1, 0.15) is 0 Å². The van der Waals surface area contributed by atoms with Gasteiger partial charge >= 0.3 is 0 Å². The molecule has 80 valence electrons. The van der Waals surface area contributed by atoms with Crippen molar-refractivity contribution < 1.29 is 0 Å². The summed E-state index contributed by atoms with van der Waals surface area (Å²) < 4.78 is 2.15. The van der Waals surface area contributed by atoms with Crippen molar-refractivity contribution in [1.82, 2.24) is 9.55 Å². The Balaban J connectivity index is 2.48. The standard InChI is InChI=1S/C11H21N3/c1-5-14-8-10(4)13-11(14)12-7-6-9(2)3/h8-9H,5-7H2,1-4H3,(H,12,13). The summed E-state index contributed by atoms with van der Waals surface area (Å²) in [6, 6.07) is 0. The van der Waals surface area contributed by atoms with Crippen molar-refractivity contribution in [2.45, 2.75) is 40.7 Å². The Morgan fingerprint density at radius 1 is 1.50 bits per heavy atom. The maximum Gasteiger partial charge on any atom is 0.203 e. The summed E-state index contributed by atoms with van der Waals surface area (Å²) in [4.78, 5) is 4.43. The zero-order chi connectivity index (χ0) is 10.6. The average Bonchev–Trinajstić information content (AvgIpc) is 2.45. The molecule has 0 saturated heterocycles. The molecule has 0 bridgehead atoms. The number of imidazole rings is 1. The Kier molecular flexibility index (Phi) is 3.98. The van der Waals surface area contributed by atoms with E-state index in [0.717, 1.165) is 30.6 Å². The lowest BCUT2D eigenvalue weighted by molar-refractivity contribution is 0.603. The first-order chi connectivity index (χ1) is 6.63. The molecule has 0 atom stereocenters. The van der Waals surface area contributed by atoms with Crippen molar-refractivity contribution in [3.63, 3.8) is 0 Å². The van der Waals surface area contributed by atoms with Crippen LogP contribution >= 0.6 is 0 Å². The van der Waals surface area contributed by atoms with Gasteiger partial charge < -0.3 is 9.88 Å². The zero-order valence-corrected chi connectivity index (χ0v) is 9.67. The van der Waals surface area contributed by atoms with Crippen molar-refractivity contribution in [3.05, 3.63) is 11.9 Å². The van der Waals surface area contributed by atoms with Crippen LogP contribution in [0.3, 0.4) is 0 Å². The van der Waals surface area contributed by atoms with Crippen LogP contribution in [0, 0.1) is 12.8 Å². The zero-order valence-electron chi connectivity index (χ0n) is 9.67. The second kappa shape index (κ2) is 5.03. The van der Waals surface area contributed by atoms with Gasteiger partial charge in [-0.15, -0.1) is 0 Å². The predicted molar refractivity (Wildman–Crippen MR) is 60.6 cm³/mol. The van der Waals surface area contributed by atoms with E-state index in [9.17, 15) is 0 Å². The number of aryl methyl sites for hydroxylation is 2. The lowest BCUT2D eigenvalue weighted by atomic mass is 10.1. The Bertz CT molecular complexity index is 276. The Morgan fingerprint density at radius 3 is 2.79 bits per heavy atom. The summed E-state index contributed by atoms with van der Waals surface area (Å²) in [6.45, 7) is 10.6. The van der Waals surface area contributed by atoms with Gasteiger partial charge in [0, 0.05) is 19.3 Å². The molecule has 14 heavy (non-hydrogen) atoms. The van der Waals surface area contributed by atoms with Gasteiger partial charge in [-0.25, -0.2) is 4.98 Å². The van der Waals surface area contributed by atoms with Gasteiger partial charge in [0.15, 0.2) is 0 Å². The number of nitrogens with zero attached hydrogens (tertiary/aromatic N) is 2. The molecule has 3 heteroatoms. The Morgan fingerprint density at radius 2 is 2.21 bits per heavy atom. The van der Waals surface area contributed by atoms with Crippen LogP contribution in [0.5, 0.6) is 0 Å². The molecule has 1 N–H and O–H groups in total. The van der Waals surface area contributed by atoms with Gasteiger partial charge in [0.2, 0.25) is 5.95 Å². The number of rotatable bonds is 5. The first-order valence-electron chi connectivity index (χ1n) is 5.41. The summed E-state index contributed by atoms with van der Waals surface area (Å²) in [5.41, 5.74) is 1.08. The van der Waals surface area contributed by atoms with E-state index in [1.54, 1.807) is 0 Å². The van der Waals surface area contributed by atoms with E-state index in [4.69, 9.17) is 0 Å². The monoisotopic (exact) mass is 195 g/mol. The molecule has 1 aromatic rings. The molecule has 0 unspecified atom stereocenters. The minimum absolute atomic E-state index is 0.744. The van der Waals surface area contributed by atoms with E-state index < -0.39 is 0 Å². The van der Waals surface area contributed by atoms with Crippen molar-refractivity contribution in [2.75, 3.05) is 11.9 Å². The first kappa shape index (κ1) is 11.1. The van der Waals surface area contributed by atoms with E-state index in [2.05, 4.69) is 41.8 Å². The second-order valence-electron chi connectivity index (χ2n) is 4.10. The number of nitrogens with one attached hydrogen (secondary N) is 1. The molecule has 1 aromatic heterocycles. The van der Waals surface area contributed by atoms with Gasteiger partial charge in [0.25, 0.3) is 0 Å². The Hall–Kier alpha value is -0.990. The topological polar surface area (TPSA) is 29.9 Å². The van der Waals surface area contributed by atoms with Gasteiger partial charge in [-0.3, -0.25) is 0 Å². The molecule has 1 rings (SSSR count). The van der Waals surface area contributed by atoms with E-state index in [1.165, 1.54) is 6.42 Å². The van der Waals surface area contributed by atoms with Gasteiger partial charge in [-0.1, -0.05) is 13.8 Å². The molecule has 3 nitrogen and oxygen atoms in total. The smallest absolute Gasteiger partial charge is 0.203 e. The van der Waals surface area contributed by atoms with E-state index in [1.807, 2.05) is 6.92 Å². The highest BCUT2D eigenvalue weighted by Gasteiger charge is 2.02.